The van der Waals surface area contributed by atoms with E-state index < -0.39 is 30.4 Å². The van der Waals surface area contributed by atoms with Crippen LogP contribution in [-0.4, -0.2) is 8.42 Å². The Labute approximate surface area is 271 Å². The summed E-state index contributed by atoms with van der Waals surface area (Å²) in [6.45, 7) is 13.0. The van der Waals surface area contributed by atoms with Crippen molar-refractivity contribution in [1.82, 2.24) is 0 Å². The van der Waals surface area contributed by atoms with Crippen molar-refractivity contribution in [2.45, 2.75) is 63.2 Å². The van der Waals surface area contributed by atoms with Crippen LogP contribution in [0.15, 0.2) is 138 Å². The summed E-state index contributed by atoms with van der Waals surface area (Å²) in [6, 6.07) is 44.4. The van der Waals surface area contributed by atoms with Gasteiger partial charge in [0.1, 0.15) is 0 Å². The van der Waals surface area contributed by atoms with Crippen molar-refractivity contribution >= 4 is 10.1 Å². The Bertz CT molecular complexity index is 1670. The largest absolute Gasteiger partial charge is 0.336 e. The first-order valence-electron chi connectivity index (χ1n) is 14.9. The molecule has 0 amide bonds. The number of hydrogen-bond donors (Lipinski definition) is 0. The van der Waals surface area contributed by atoms with Crippen molar-refractivity contribution in [3.05, 3.63) is 168 Å². The molecule has 1 radical (unpaired) electrons. The third kappa shape index (κ3) is 7.51. The fourth-order valence-electron chi connectivity index (χ4n) is 5.14. The van der Waals surface area contributed by atoms with E-state index in [1.807, 2.05) is 72.8 Å². The molecular weight excluding hydrogens is 675 g/mol. The van der Waals surface area contributed by atoms with Gasteiger partial charge in [0.05, 0.1) is 4.90 Å². The highest BCUT2D eigenvalue weighted by Crippen LogP contribution is 2.32. The molecule has 0 aliphatic carbocycles. The van der Waals surface area contributed by atoms with Crippen LogP contribution in [0.4, 0.5) is 0 Å². The Hall–Kier alpha value is -3.26. The Balaban J connectivity index is 1.49. The zero-order valence-electron chi connectivity index (χ0n) is 26.3. The van der Waals surface area contributed by atoms with E-state index in [1.165, 1.54) is 11.1 Å². The molecule has 227 valence electrons. The second-order valence-corrected chi connectivity index (χ2v) is 19.6. The predicted molar refractivity (Wildman–Crippen MR) is 176 cm³/mol. The zero-order chi connectivity index (χ0) is 31.5. The van der Waals surface area contributed by atoms with Gasteiger partial charge in [0.2, 0.25) is 0 Å². The predicted octanol–water partition coefficient (Wildman–Crippen LogP) is 6.45. The Morgan fingerprint density at radius 2 is 0.864 bits per heavy atom. The second-order valence-electron chi connectivity index (χ2n) is 13.1. The Morgan fingerprint density at radius 1 is 0.500 bits per heavy atom. The molecule has 0 fully saturated rings. The summed E-state index contributed by atoms with van der Waals surface area (Å²) in [7, 11) is -4.03. The van der Waals surface area contributed by atoms with Gasteiger partial charge in [-0.1, -0.05) is 139 Å². The summed E-state index contributed by atoms with van der Waals surface area (Å²) in [6.07, 6.45) is 0. The first-order chi connectivity index (χ1) is 20.8. The fourth-order valence-corrected chi connectivity index (χ4v) is 12.0. The number of halogens is 1. The summed E-state index contributed by atoms with van der Waals surface area (Å²) in [5, 5.41) is 0. The number of rotatable bonds is 8. The minimum absolute atomic E-state index is 0.00202. The van der Waals surface area contributed by atoms with Gasteiger partial charge in [0.25, 0.3) is 0 Å². The van der Waals surface area contributed by atoms with Crippen molar-refractivity contribution in [3.63, 3.8) is 0 Å². The van der Waals surface area contributed by atoms with Crippen LogP contribution in [0.5, 0.6) is 0 Å². The van der Waals surface area contributed by atoms with Gasteiger partial charge in [0.15, 0.2) is 7.14 Å². The molecule has 44 heavy (non-hydrogen) atoms. The van der Waals surface area contributed by atoms with Gasteiger partial charge in [-0.3, -0.25) is 0 Å². The van der Waals surface area contributed by atoms with Crippen LogP contribution < -0.4 is 20.2 Å². The van der Waals surface area contributed by atoms with E-state index in [1.54, 1.807) is 12.1 Å². The molecule has 0 heterocycles. The molecule has 3 nitrogen and oxygen atoms in total. The zero-order valence-corrected chi connectivity index (χ0v) is 29.3. The first kappa shape index (κ1) is 32.1. The van der Waals surface area contributed by atoms with Crippen molar-refractivity contribution in [2.24, 2.45) is 0 Å². The van der Waals surface area contributed by atoms with Crippen molar-refractivity contribution in [1.29, 1.82) is 0 Å². The molecule has 0 aliphatic rings. The van der Waals surface area contributed by atoms with Crippen LogP contribution in [0.1, 0.15) is 75.3 Å². The third-order valence-corrected chi connectivity index (χ3v) is 15.1. The second kappa shape index (κ2) is 13.0. The van der Waals surface area contributed by atoms with Crippen LogP contribution in [-0.2, 0) is 23.5 Å². The Kier molecular flexibility index (Phi) is 9.49. The average Bonchev–Trinajstić information content (AvgIpc) is 3.01. The molecule has 0 saturated heterocycles. The normalized spacial score (nSPS) is 12.5. The summed E-state index contributed by atoms with van der Waals surface area (Å²) < 4.78 is 35.9. The van der Waals surface area contributed by atoms with Gasteiger partial charge in [-0.15, -0.1) is 0 Å². The van der Waals surface area contributed by atoms with Crippen LogP contribution in [0.25, 0.3) is 0 Å². The number of hydrogen-bond acceptors (Lipinski definition) is 3. The molecule has 0 saturated carbocycles. The molecular formula is C39H41IO3S+. The van der Waals surface area contributed by atoms with Crippen LogP contribution in [0, 0.1) is 7.14 Å². The highest BCUT2D eigenvalue weighted by Gasteiger charge is 2.38. The lowest BCUT2D eigenvalue weighted by Gasteiger charge is -2.19. The topological polar surface area (TPSA) is 43.4 Å². The average molecular weight is 717 g/mol. The van der Waals surface area contributed by atoms with Crippen LogP contribution >= 0.6 is 0 Å². The lowest BCUT2D eigenvalue weighted by Crippen LogP contribution is -3.85. The fraction of sp³-hybridized carbons (Fsp3) is 0.231. The minimum atomic E-state index is -4.03. The smallest absolute Gasteiger partial charge is 0.190 e. The summed E-state index contributed by atoms with van der Waals surface area (Å²) >= 11 is -2.85. The van der Waals surface area contributed by atoms with E-state index in [2.05, 4.69) is 90.1 Å². The number of benzene rings is 5. The Morgan fingerprint density at radius 3 is 1.23 bits per heavy atom. The molecule has 5 rings (SSSR count). The van der Waals surface area contributed by atoms with Gasteiger partial charge in [0, 0.05) is 5.92 Å². The van der Waals surface area contributed by atoms with Gasteiger partial charge >= 0.3 is 30.4 Å². The minimum Gasteiger partial charge on any atom is -0.190 e. The van der Waals surface area contributed by atoms with E-state index in [9.17, 15) is 8.42 Å². The van der Waals surface area contributed by atoms with Crippen LogP contribution in [0.2, 0.25) is 0 Å². The third-order valence-electron chi connectivity index (χ3n) is 7.73. The molecule has 0 aliphatic heterocycles. The first-order valence-corrected chi connectivity index (χ1v) is 19.3. The van der Waals surface area contributed by atoms with Crippen molar-refractivity contribution in [2.75, 3.05) is 0 Å². The van der Waals surface area contributed by atoms with Gasteiger partial charge in [-0.2, -0.15) is 8.42 Å². The van der Waals surface area contributed by atoms with Crippen molar-refractivity contribution in [3.8, 4) is 0 Å². The molecule has 0 atom stereocenters. The lowest BCUT2D eigenvalue weighted by molar-refractivity contribution is -1.03. The monoisotopic (exact) mass is 716 g/mol. The molecule has 0 spiro atoms. The molecule has 0 unspecified atom stereocenters. The maximum Gasteiger partial charge on any atom is 0.336 e. The molecule has 5 aromatic rings. The maximum atomic E-state index is 13.9. The van der Waals surface area contributed by atoms with E-state index >= 15 is 0 Å². The van der Waals surface area contributed by atoms with Gasteiger partial charge in [-0.25, -0.2) is 0 Å². The van der Waals surface area contributed by atoms with Gasteiger partial charge in [-0.05, 0) is 77.6 Å². The SMILES string of the molecule is CC(C)(C)c1ccc([I+](OS(=O)(=O)c2ccc(C(c3ccccc3)c3ccccc3)cc2)c2ccc(C(C)(C)C)cc2)cc1. The molecule has 0 bridgehead atoms. The molecule has 0 aromatic heterocycles. The van der Waals surface area contributed by atoms with E-state index in [4.69, 9.17) is 2.51 Å². The summed E-state index contributed by atoms with van der Waals surface area (Å²) in [5.74, 6) is -0.0129. The van der Waals surface area contributed by atoms with Crippen LogP contribution in [0.3, 0.4) is 0 Å². The summed E-state index contributed by atoms with van der Waals surface area (Å²) in [4.78, 5) is 0.168. The van der Waals surface area contributed by atoms with E-state index in [0.29, 0.717) is 0 Å². The highest BCUT2D eigenvalue weighted by atomic mass is 127. The summed E-state index contributed by atoms with van der Waals surface area (Å²) in [5.41, 5.74) is 5.71. The van der Waals surface area contributed by atoms with E-state index in [-0.39, 0.29) is 21.6 Å². The maximum absolute atomic E-state index is 13.9. The highest BCUT2D eigenvalue weighted by molar-refractivity contribution is 7.86. The quantitative estimate of drug-likeness (QED) is 0.137. The molecule has 5 heteroatoms. The van der Waals surface area contributed by atoms with Crippen molar-refractivity contribution < 1.29 is 31.2 Å². The standard InChI is InChI=1S/C39H41IO3S/c1-38(2,3)32-19-23-34(24-20-32)40(35-25-21-33(22-26-35)39(4,5)6)43-44(41,42)36-27-17-31(18-28-36)37(29-13-9-7-10-14-29)30-15-11-8-12-16-30/h7-28,37H,1-6H3/q+1. The van der Waals surface area contributed by atoms with E-state index in [0.717, 1.165) is 23.8 Å². The van der Waals surface area contributed by atoms with Gasteiger partial charge < -0.3 is 0 Å². The molecule has 0 N–H and O–H groups in total. The lowest BCUT2D eigenvalue weighted by atomic mass is 9.85. The molecule has 5 aromatic carbocycles.